The van der Waals surface area contributed by atoms with E-state index in [1.807, 2.05) is 6.08 Å². The van der Waals surface area contributed by atoms with Crippen molar-refractivity contribution < 1.29 is 9.59 Å². The molecule has 0 aromatic carbocycles. The smallest absolute Gasteiger partial charge is 0.255 e. The Morgan fingerprint density at radius 2 is 2.20 bits per heavy atom. The molecule has 1 aliphatic rings. The van der Waals surface area contributed by atoms with Gasteiger partial charge in [0, 0.05) is 18.5 Å². The van der Waals surface area contributed by atoms with Crippen LogP contribution in [0.1, 0.15) is 39.5 Å². The third-order valence-electron chi connectivity index (χ3n) is 3.39. The Morgan fingerprint density at radius 1 is 1.45 bits per heavy atom. The summed E-state index contributed by atoms with van der Waals surface area (Å²) in [6.45, 7) is 7.54. The standard InChI is InChI=1S/C17H23NO2/c1-4-9-16(19)18(17(20)14(3)5-2)13-12-15-10-7-6-8-11-15/h4-7,10H,1,8-9,11-13H2,2-3H3/b14-5-. The van der Waals surface area contributed by atoms with Crippen molar-refractivity contribution in [1.82, 2.24) is 4.90 Å². The molecule has 0 aromatic rings. The molecule has 1 aliphatic carbocycles. The minimum atomic E-state index is -0.202. The molecule has 0 atom stereocenters. The van der Waals surface area contributed by atoms with Crippen LogP contribution >= 0.6 is 0 Å². The van der Waals surface area contributed by atoms with Gasteiger partial charge < -0.3 is 0 Å². The molecule has 1 rings (SSSR count). The first-order valence-corrected chi connectivity index (χ1v) is 7.03. The van der Waals surface area contributed by atoms with E-state index >= 15 is 0 Å². The van der Waals surface area contributed by atoms with Crippen LogP contribution in [0.5, 0.6) is 0 Å². The minimum absolute atomic E-state index is 0.182. The van der Waals surface area contributed by atoms with Gasteiger partial charge in [-0.2, -0.15) is 0 Å². The largest absolute Gasteiger partial charge is 0.278 e. The molecular weight excluding hydrogens is 250 g/mol. The molecule has 0 fully saturated rings. The lowest BCUT2D eigenvalue weighted by atomic mass is 10.0. The second-order valence-electron chi connectivity index (χ2n) is 4.86. The Kier molecular flexibility index (Phi) is 6.71. The number of rotatable bonds is 6. The van der Waals surface area contributed by atoms with E-state index in [9.17, 15) is 9.59 Å². The molecule has 0 aromatic heterocycles. The number of hydrogen-bond acceptors (Lipinski definition) is 2. The number of carbonyl (C=O) groups is 2. The van der Waals surface area contributed by atoms with E-state index < -0.39 is 0 Å². The summed E-state index contributed by atoms with van der Waals surface area (Å²) in [5.41, 5.74) is 1.88. The van der Waals surface area contributed by atoms with E-state index in [0.717, 1.165) is 19.3 Å². The van der Waals surface area contributed by atoms with Gasteiger partial charge in [-0.1, -0.05) is 36.0 Å². The SMILES string of the molecule is C=CCC(=O)N(CCC1=CC=CCC1)C(=O)/C(C)=C\C. The Bertz CT molecular complexity index is 469. The summed E-state index contributed by atoms with van der Waals surface area (Å²) in [7, 11) is 0. The fourth-order valence-electron chi connectivity index (χ4n) is 2.03. The average molecular weight is 273 g/mol. The average Bonchev–Trinajstić information content (AvgIpc) is 2.47. The third-order valence-corrected chi connectivity index (χ3v) is 3.39. The number of imide groups is 1. The molecule has 0 spiro atoms. The van der Waals surface area contributed by atoms with Crippen LogP contribution in [-0.2, 0) is 9.59 Å². The van der Waals surface area contributed by atoms with E-state index in [2.05, 4.69) is 18.7 Å². The summed E-state index contributed by atoms with van der Waals surface area (Å²) in [5.74, 6) is -0.385. The summed E-state index contributed by atoms with van der Waals surface area (Å²) in [6, 6.07) is 0. The second kappa shape index (κ2) is 8.31. The lowest BCUT2D eigenvalue weighted by Crippen LogP contribution is -2.38. The number of allylic oxidation sites excluding steroid dienone is 4. The van der Waals surface area contributed by atoms with Crippen LogP contribution in [-0.4, -0.2) is 23.3 Å². The Labute approximate surface area is 121 Å². The van der Waals surface area contributed by atoms with Crippen molar-refractivity contribution in [2.45, 2.75) is 39.5 Å². The number of nitrogens with zero attached hydrogens (tertiary/aromatic N) is 1. The van der Waals surface area contributed by atoms with E-state index in [1.165, 1.54) is 16.5 Å². The Hall–Kier alpha value is -1.90. The highest BCUT2D eigenvalue weighted by molar-refractivity contribution is 6.04. The fourth-order valence-corrected chi connectivity index (χ4v) is 2.03. The molecule has 0 unspecified atom stereocenters. The van der Waals surface area contributed by atoms with Crippen molar-refractivity contribution in [1.29, 1.82) is 0 Å². The number of carbonyl (C=O) groups excluding carboxylic acids is 2. The van der Waals surface area contributed by atoms with Crippen molar-refractivity contribution in [2.75, 3.05) is 6.54 Å². The molecule has 0 bridgehead atoms. The van der Waals surface area contributed by atoms with Crippen molar-refractivity contribution in [3.8, 4) is 0 Å². The highest BCUT2D eigenvalue weighted by Crippen LogP contribution is 2.17. The molecule has 0 aliphatic heterocycles. The molecule has 2 amide bonds. The van der Waals surface area contributed by atoms with E-state index in [0.29, 0.717) is 12.1 Å². The van der Waals surface area contributed by atoms with Crippen molar-refractivity contribution in [3.05, 3.63) is 48.1 Å². The van der Waals surface area contributed by atoms with Gasteiger partial charge in [0.2, 0.25) is 5.91 Å². The Balaban J connectivity index is 2.74. The lowest BCUT2D eigenvalue weighted by molar-refractivity contribution is -0.141. The van der Waals surface area contributed by atoms with Gasteiger partial charge >= 0.3 is 0 Å². The summed E-state index contributed by atoms with van der Waals surface area (Å²) < 4.78 is 0. The van der Waals surface area contributed by atoms with Crippen LogP contribution in [0.25, 0.3) is 0 Å². The van der Waals surface area contributed by atoms with Gasteiger partial charge in [0.05, 0.1) is 0 Å². The normalized spacial score (nSPS) is 14.7. The molecule has 20 heavy (non-hydrogen) atoms. The van der Waals surface area contributed by atoms with Crippen LogP contribution in [0.4, 0.5) is 0 Å². The van der Waals surface area contributed by atoms with Crippen molar-refractivity contribution in [2.24, 2.45) is 0 Å². The zero-order valence-electron chi connectivity index (χ0n) is 12.4. The van der Waals surface area contributed by atoms with Crippen LogP contribution in [0, 0.1) is 0 Å². The summed E-state index contributed by atoms with van der Waals surface area (Å²) >= 11 is 0. The highest BCUT2D eigenvalue weighted by Gasteiger charge is 2.21. The van der Waals surface area contributed by atoms with Crippen LogP contribution in [0.15, 0.2) is 48.1 Å². The molecule has 0 radical (unpaired) electrons. The maximum atomic E-state index is 12.2. The first-order chi connectivity index (χ1) is 9.60. The van der Waals surface area contributed by atoms with Gasteiger partial charge in [0.15, 0.2) is 0 Å². The summed E-state index contributed by atoms with van der Waals surface area (Å²) in [6.07, 6.45) is 12.5. The first-order valence-electron chi connectivity index (χ1n) is 7.03. The molecule has 0 saturated heterocycles. The molecule has 108 valence electrons. The van der Waals surface area contributed by atoms with Crippen LogP contribution < -0.4 is 0 Å². The summed E-state index contributed by atoms with van der Waals surface area (Å²) in [4.78, 5) is 25.6. The highest BCUT2D eigenvalue weighted by atomic mass is 16.2. The van der Waals surface area contributed by atoms with Gasteiger partial charge in [-0.15, -0.1) is 6.58 Å². The zero-order chi connectivity index (χ0) is 15.0. The quantitative estimate of drug-likeness (QED) is 0.548. The van der Waals surface area contributed by atoms with Crippen molar-refractivity contribution in [3.63, 3.8) is 0 Å². The minimum Gasteiger partial charge on any atom is -0.278 e. The van der Waals surface area contributed by atoms with E-state index in [-0.39, 0.29) is 18.2 Å². The molecule has 3 heteroatoms. The van der Waals surface area contributed by atoms with Crippen LogP contribution in [0.3, 0.4) is 0 Å². The predicted molar refractivity (Wildman–Crippen MR) is 82.0 cm³/mol. The second-order valence-corrected chi connectivity index (χ2v) is 4.86. The van der Waals surface area contributed by atoms with Gasteiger partial charge in [-0.3, -0.25) is 14.5 Å². The fraction of sp³-hybridized carbons (Fsp3) is 0.412. The zero-order valence-corrected chi connectivity index (χ0v) is 12.4. The van der Waals surface area contributed by atoms with Gasteiger partial charge in [0.25, 0.3) is 5.91 Å². The number of hydrogen-bond donors (Lipinski definition) is 0. The lowest BCUT2D eigenvalue weighted by Gasteiger charge is -2.22. The van der Waals surface area contributed by atoms with Crippen LogP contribution in [0.2, 0.25) is 0 Å². The van der Waals surface area contributed by atoms with E-state index in [4.69, 9.17) is 0 Å². The topological polar surface area (TPSA) is 37.4 Å². The molecule has 0 saturated carbocycles. The molecular formula is C17H23NO2. The number of amides is 2. The van der Waals surface area contributed by atoms with Crippen molar-refractivity contribution >= 4 is 11.8 Å². The van der Waals surface area contributed by atoms with Gasteiger partial charge in [-0.25, -0.2) is 0 Å². The maximum absolute atomic E-state index is 12.2. The van der Waals surface area contributed by atoms with Gasteiger partial charge in [0.1, 0.15) is 0 Å². The molecule has 0 N–H and O–H groups in total. The maximum Gasteiger partial charge on any atom is 0.255 e. The van der Waals surface area contributed by atoms with Gasteiger partial charge in [-0.05, 0) is 33.1 Å². The monoisotopic (exact) mass is 273 g/mol. The molecule has 3 nitrogen and oxygen atoms in total. The molecule has 0 heterocycles. The third kappa shape index (κ3) is 4.65. The summed E-state index contributed by atoms with van der Waals surface area (Å²) in [5, 5.41) is 0. The Morgan fingerprint density at radius 3 is 2.75 bits per heavy atom. The predicted octanol–water partition coefficient (Wildman–Crippen LogP) is 3.55. The first kappa shape index (κ1) is 16.2. The van der Waals surface area contributed by atoms with E-state index in [1.54, 1.807) is 19.9 Å².